The molecule has 0 atom stereocenters. The van der Waals surface area contributed by atoms with Crippen molar-refractivity contribution < 1.29 is 19.1 Å². The summed E-state index contributed by atoms with van der Waals surface area (Å²) in [4.78, 5) is 24.3. The van der Waals surface area contributed by atoms with E-state index in [0.717, 1.165) is 4.88 Å². The van der Waals surface area contributed by atoms with Crippen molar-refractivity contribution in [2.24, 2.45) is 5.73 Å². The molecule has 1 aromatic carbocycles. The van der Waals surface area contributed by atoms with Gasteiger partial charge in [-0.3, -0.25) is 9.59 Å². The maximum atomic E-state index is 11.8. The van der Waals surface area contributed by atoms with Crippen molar-refractivity contribution in [2.75, 3.05) is 13.7 Å². The molecule has 2 aromatic rings. The molecule has 0 fully saturated rings. The van der Waals surface area contributed by atoms with Crippen LogP contribution in [0.15, 0.2) is 35.7 Å². The number of carbonyl (C=O) groups excluding carboxylic acids is 2. The average Bonchev–Trinajstić information content (AvgIpc) is 3.03. The van der Waals surface area contributed by atoms with Crippen molar-refractivity contribution >= 4 is 23.2 Å². The first kappa shape index (κ1) is 15.8. The van der Waals surface area contributed by atoms with Crippen LogP contribution in [0.4, 0.5) is 0 Å². The van der Waals surface area contributed by atoms with E-state index in [9.17, 15) is 9.59 Å². The fraction of sp³-hybridized carbons (Fsp3) is 0.200. The summed E-state index contributed by atoms with van der Waals surface area (Å²) in [6.45, 7) is 0.209. The quantitative estimate of drug-likeness (QED) is 0.810. The minimum atomic E-state index is -0.645. The van der Waals surface area contributed by atoms with Gasteiger partial charge in [0.2, 0.25) is 0 Å². The SMILES string of the molecule is COc1cccc(C(N)=O)c1OCC(=O)NCc1cccs1. The molecule has 22 heavy (non-hydrogen) atoms. The van der Waals surface area contributed by atoms with Crippen LogP contribution in [0.25, 0.3) is 0 Å². The van der Waals surface area contributed by atoms with Gasteiger partial charge in [-0.25, -0.2) is 0 Å². The minimum absolute atomic E-state index is 0.170. The Balaban J connectivity index is 1.98. The van der Waals surface area contributed by atoms with Crippen LogP contribution in [0.1, 0.15) is 15.2 Å². The fourth-order valence-corrected chi connectivity index (χ4v) is 2.45. The molecule has 3 N–H and O–H groups in total. The number of nitrogens with two attached hydrogens (primary N) is 1. The number of hydrogen-bond acceptors (Lipinski definition) is 5. The fourth-order valence-electron chi connectivity index (χ4n) is 1.81. The molecule has 0 aliphatic carbocycles. The zero-order chi connectivity index (χ0) is 15.9. The minimum Gasteiger partial charge on any atom is -0.493 e. The Kier molecular flexibility index (Phi) is 5.37. The first-order valence-corrected chi connectivity index (χ1v) is 7.38. The van der Waals surface area contributed by atoms with Crippen LogP contribution in [0, 0.1) is 0 Å². The summed E-state index contributed by atoms with van der Waals surface area (Å²) in [5.74, 6) is -0.422. The normalized spacial score (nSPS) is 10.0. The molecule has 6 nitrogen and oxygen atoms in total. The Morgan fingerprint density at radius 1 is 1.27 bits per heavy atom. The predicted molar refractivity (Wildman–Crippen MR) is 83.2 cm³/mol. The van der Waals surface area contributed by atoms with E-state index in [1.807, 2.05) is 17.5 Å². The maximum absolute atomic E-state index is 11.8. The van der Waals surface area contributed by atoms with E-state index in [4.69, 9.17) is 15.2 Å². The zero-order valence-electron chi connectivity index (χ0n) is 12.0. The highest BCUT2D eigenvalue weighted by Gasteiger charge is 2.16. The molecule has 0 saturated carbocycles. The van der Waals surface area contributed by atoms with Crippen molar-refractivity contribution in [1.29, 1.82) is 0 Å². The zero-order valence-corrected chi connectivity index (χ0v) is 12.8. The Morgan fingerprint density at radius 3 is 2.73 bits per heavy atom. The lowest BCUT2D eigenvalue weighted by Gasteiger charge is -2.13. The first-order valence-electron chi connectivity index (χ1n) is 6.50. The van der Waals surface area contributed by atoms with Crippen molar-refractivity contribution in [3.8, 4) is 11.5 Å². The molecule has 0 aliphatic rings. The number of benzene rings is 1. The summed E-state index contributed by atoms with van der Waals surface area (Å²) in [6, 6.07) is 8.62. The maximum Gasteiger partial charge on any atom is 0.258 e. The highest BCUT2D eigenvalue weighted by molar-refractivity contribution is 7.09. The van der Waals surface area contributed by atoms with Gasteiger partial charge >= 0.3 is 0 Å². The molecule has 0 spiro atoms. The van der Waals surface area contributed by atoms with Crippen LogP contribution < -0.4 is 20.5 Å². The Morgan fingerprint density at radius 2 is 2.09 bits per heavy atom. The Bertz CT molecular complexity index is 656. The van der Waals surface area contributed by atoms with Gasteiger partial charge in [0.1, 0.15) is 0 Å². The molecular weight excluding hydrogens is 304 g/mol. The molecule has 0 saturated heterocycles. The molecule has 2 rings (SSSR count). The second-order valence-corrected chi connectivity index (χ2v) is 5.38. The summed E-state index contributed by atoms with van der Waals surface area (Å²) >= 11 is 1.56. The number of thiophene rings is 1. The van der Waals surface area contributed by atoms with Gasteiger partial charge in [0, 0.05) is 4.88 Å². The lowest BCUT2D eigenvalue weighted by molar-refractivity contribution is -0.123. The number of primary amides is 1. The van der Waals surface area contributed by atoms with Gasteiger partial charge in [-0.05, 0) is 23.6 Å². The standard InChI is InChI=1S/C15H16N2O4S/c1-20-12-6-2-5-11(15(16)19)14(12)21-9-13(18)17-8-10-4-3-7-22-10/h2-7H,8-9H2,1H3,(H2,16,19)(H,17,18). The third-order valence-corrected chi connectivity index (χ3v) is 3.73. The van der Waals surface area contributed by atoms with Crippen LogP contribution in [-0.2, 0) is 11.3 Å². The monoisotopic (exact) mass is 320 g/mol. The molecule has 0 radical (unpaired) electrons. The van der Waals surface area contributed by atoms with Crippen LogP contribution >= 0.6 is 11.3 Å². The van der Waals surface area contributed by atoms with Gasteiger partial charge in [-0.1, -0.05) is 12.1 Å². The summed E-state index contributed by atoms with van der Waals surface area (Å²) in [6.07, 6.45) is 0. The molecule has 2 amide bonds. The Hall–Kier alpha value is -2.54. The van der Waals surface area contributed by atoms with Gasteiger partial charge < -0.3 is 20.5 Å². The van der Waals surface area contributed by atoms with Gasteiger partial charge in [0.25, 0.3) is 11.8 Å². The molecule has 7 heteroatoms. The van der Waals surface area contributed by atoms with Crippen molar-refractivity contribution in [3.63, 3.8) is 0 Å². The van der Waals surface area contributed by atoms with E-state index < -0.39 is 5.91 Å². The second-order valence-electron chi connectivity index (χ2n) is 4.35. The highest BCUT2D eigenvalue weighted by Crippen LogP contribution is 2.30. The van der Waals surface area contributed by atoms with E-state index in [-0.39, 0.29) is 23.8 Å². The summed E-state index contributed by atoms with van der Waals surface area (Å²) < 4.78 is 10.5. The second kappa shape index (κ2) is 7.46. The molecule has 116 valence electrons. The van der Waals surface area contributed by atoms with E-state index in [1.54, 1.807) is 23.5 Å². The number of rotatable bonds is 7. The van der Waals surface area contributed by atoms with Crippen LogP contribution in [0.3, 0.4) is 0 Å². The smallest absolute Gasteiger partial charge is 0.258 e. The topological polar surface area (TPSA) is 90.7 Å². The van der Waals surface area contributed by atoms with Crippen LogP contribution in [0.5, 0.6) is 11.5 Å². The lowest BCUT2D eigenvalue weighted by atomic mass is 10.2. The number of ether oxygens (including phenoxy) is 2. The molecule has 0 aliphatic heterocycles. The van der Waals surface area contributed by atoms with Crippen LogP contribution in [-0.4, -0.2) is 25.5 Å². The van der Waals surface area contributed by atoms with Crippen molar-refractivity contribution in [1.82, 2.24) is 5.32 Å². The van der Waals surface area contributed by atoms with E-state index >= 15 is 0 Å². The largest absolute Gasteiger partial charge is 0.493 e. The first-order chi connectivity index (χ1) is 10.6. The Labute approximate surface area is 131 Å². The van der Waals surface area contributed by atoms with E-state index in [0.29, 0.717) is 12.3 Å². The number of methoxy groups -OCH3 is 1. The third-order valence-electron chi connectivity index (χ3n) is 2.85. The van der Waals surface area contributed by atoms with Gasteiger partial charge in [0.05, 0.1) is 19.2 Å². The van der Waals surface area contributed by atoms with Crippen molar-refractivity contribution in [3.05, 3.63) is 46.2 Å². The highest BCUT2D eigenvalue weighted by atomic mass is 32.1. The molecular formula is C15H16N2O4S. The molecule has 1 aromatic heterocycles. The van der Waals surface area contributed by atoms with E-state index in [2.05, 4.69) is 5.32 Å². The summed E-state index contributed by atoms with van der Waals surface area (Å²) in [7, 11) is 1.45. The number of para-hydroxylation sites is 1. The summed E-state index contributed by atoms with van der Waals surface area (Å²) in [5.41, 5.74) is 5.47. The third kappa shape index (κ3) is 3.98. The predicted octanol–water partition coefficient (Wildman–Crippen LogP) is 1.55. The van der Waals surface area contributed by atoms with E-state index in [1.165, 1.54) is 13.2 Å². The number of carbonyl (C=O) groups is 2. The van der Waals surface area contributed by atoms with Gasteiger partial charge in [0.15, 0.2) is 18.1 Å². The summed E-state index contributed by atoms with van der Waals surface area (Å²) in [5, 5.41) is 4.67. The number of hydrogen-bond donors (Lipinski definition) is 2. The van der Waals surface area contributed by atoms with Crippen molar-refractivity contribution in [2.45, 2.75) is 6.54 Å². The molecule has 1 heterocycles. The van der Waals surface area contributed by atoms with Gasteiger partial charge in [-0.2, -0.15) is 0 Å². The van der Waals surface area contributed by atoms with Crippen LogP contribution in [0.2, 0.25) is 0 Å². The molecule has 0 unspecified atom stereocenters. The van der Waals surface area contributed by atoms with Gasteiger partial charge in [-0.15, -0.1) is 11.3 Å². The number of amides is 2. The average molecular weight is 320 g/mol. The number of nitrogens with one attached hydrogen (secondary N) is 1. The molecule has 0 bridgehead atoms. The lowest BCUT2D eigenvalue weighted by Crippen LogP contribution is -2.28.